The molecule has 0 bridgehead atoms. The number of ether oxygens (including phenoxy) is 3. The van der Waals surface area contributed by atoms with Gasteiger partial charge in [-0.3, -0.25) is 0 Å². The van der Waals surface area contributed by atoms with Crippen LogP contribution in [0, 0.1) is 0 Å². The van der Waals surface area contributed by atoms with Crippen LogP contribution in [0.5, 0.6) is 0 Å². The monoisotopic (exact) mass is 146 g/mol. The normalized spacial score (nSPS) is 21.3. The zero-order chi connectivity index (χ0) is 7.23. The van der Waals surface area contributed by atoms with Gasteiger partial charge < -0.3 is 14.2 Å². The summed E-state index contributed by atoms with van der Waals surface area (Å²) in [6, 6.07) is 0. The van der Waals surface area contributed by atoms with Crippen LogP contribution in [0.2, 0.25) is 0 Å². The van der Waals surface area contributed by atoms with Gasteiger partial charge in [-0.1, -0.05) is 0 Å². The van der Waals surface area contributed by atoms with Gasteiger partial charge in [-0.2, -0.15) is 0 Å². The molecule has 0 aromatic heterocycles. The molecular weight excluding hydrogens is 132 g/mol. The highest BCUT2D eigenvalue weighted by molar-refractivity contribution is 4.49. The molecule has 0 amide bonds. The molecule has 0 radical (unpaired) electrons. The molecular formula is C7H14O3. The second-order valence-corrected chi connectivity index (χ2v) is 2.18. The molecule has 3 heteroatoms. The second-order valence-electron chi connectivity index (χ2n) is 2.18. The SMILES string of the molecule is CCOCC1OCCCO1. The summed E-state index contributed by atoms with van der Waals surface area (Å²) < 4.78 is 15.6. The van der Waals surface area contributed by atoms with Crippen molar-refractivity contribution >= 4 is 0 Å². The van der Waals surface area contributed by atoms with Gasteiger partial charge in [-0.25, -0.2) is 0 Å². The summed E-state index contributed by atoms with van der Waals surface area (Å²) in [5.74, 6) is 0. The summed E-state index contributed by atoms with van der Waals surface area (Å²) in [7, 11) is 0. The zero-order valence-corrected chi connectivity index (χ0v) is 6.34. The minimum Gasteiger partial charge on any atom is -0.376 e. The van der Waals surface area contributed by atoms with E-state index in [2.05, 4.69) is 0 Å². The van der Waals surface area contributed by atoms with E-state index in [4.69, 9.17) is 14.2 Å². The van der Waals surface area contributed by atoms with Gasteiger partial charge in [0.25, 0.3) is 0 Å². The molecule has 0 aromatic carbocycles. The molecule has 3 nitrogen and oxygen atoms in total. The van der Waals surface area contributed by atoms with Crippen molar-refractivity contribution in [2.75, 3.05) is 26.4 Å². The Bertz CT molecular complexity index is 78.9. The summed E-state index contributed by atoms with van der Waals surface area (Å²) in [6.45, 7) is 4.86. The van der Waals surface area contributed by atoms with Crippen LogP contribution in [0.3, 0.4) is 0 Å². The van der Waals surface area contributed by atoms with E-state index in [1.165, 1.54) is 0 Å². The van der Waals surface area contributed by atoms with Crippen LogP contribution in [-0.2, 0) is 14.2 Å². The maximum atomic E-state index is 5.23. The first-order chi connectivity index (χ1) is 4.93. The predicted octanol–water partition coefficient (Wildman–Crippen LogP) is 0.786. The van der Waals surface area contributed by atoms with Crippen molar-refractivity contribution in [1.82, 2.24) is 0 Å². The standard InChI is InChI=1S/C7H14O3/c1-2-8-6-7-9-4-3-5-10-7/h7H,2-6H2,1H3. The lowest BCUT2D eigenvalue weighted by molar-refractivity contribution is -0.201. The van der Waals surface area contributed by atoms with Gasteiger partial charge >= 0.3 is 0 Å². The largest absolute Gasteiger partial charge is 0.376 e. The fraction of sp³-hybridized carbons (Fsp3) is 1.00. The van der Waals surface area contributed by atoms with Gasteiger partial charge in [0.15, 0.2) is 6.29 Å². The molecule has 1 aliphatic heterocycles. The molecule has 60 valence electrons. The third-order valence-electron chi connectivity index (χ3n) is 1.35. The second kappa shape index (κ2) is 4.66. The summed E-state index contributed by atoms with van der Waals surface area (Å²) in [5.41, 5.74) is 0. The topological polar surface area (TPSA) is 27.7 Å². The van der Waals surface area contributed by atoms with E-state index in [9.17, 15) is 0 Å². The van der Waals surface area contributed by atoms with E-state index in [0.717, 1.165) is 26.2 Å². The van der Waals surface area contributed by atoms with Crippen molar-refractivity contribution in [3.8, 4) is 0 Å². The first-order valence-corrected chi connectivity index (χ1v) is 3.74. The van der Waals surface area contributed by atoms with E-state index in [-0.39, 0.29) is 6.29 Å². The molecule has 1 fully saturated rings. The van der Waals surface area contributed by atoms with Crippen molar-refractivity contribution < 1.29 is 14.2 Å². The van der Waals surface area contributed by atoms with E-state index >= 15 is 0 Å². The molecule has 10 heavy (non-hydrogen) atoms. The van der Waals surface area contributed by atoms with Crippen molar-refractivity contribution in [3.05, 3.63) is 0 Å². The summed E-state index contributed by atoms with van der Waals surface area (Å²) >= 11 is 0. The maximum Gasteiger partial charge on any atom is 0.180 e. The van der Waals surface area contributed by atoms with E-state index in [1.54, 1.807) is 0 Å². The zero-order valence-electron chi connectivity index (χ0n) is 6.34. The molecule has 1 heterocycles. The molecule has 0 N–H and O–H groups in total. The van der Waals surface area contributed by atoms with Crippen LogP contribution in [0.4, 0.5) is 0 Å². The number of hydrogen-bond donors (Lipinski definition) is 0. The molecule has 0 aliphatic carbocycles. The van der Waals surface area contributed by atoms with Crippen LogP contribution in [-0.4, -0.2) is 32.7 Å². The van der Waals surface area contributed by atoms with E-state index < -0.39 is 0 Å². The Labute approximate surface area is 61.3 Å². The van der Waals surface area contributed by atoms with Crippen LogP contribution in [0.15, 0.2) is 0 Å². The number of hydrogen-bond acceptors (Lipinski definition) is 3. The lowest BCUT2D eigenvalue weighted by atomic mass is 10.4. The fourth-order valence-electron chi connectivity index (χ4n) is 0.847. The van der Waals surface area contributed by atoms with Crippen LogP contribution in [0.25, 0.3) is 0 Å². The van der Waals surface area contributed by atoms with Gasteiger partial charge in [-0.15, -0.1) is 0 Å². The third-order valence-corrected chi connectivity index (χ3v) is 1.35. The van der Waals surface area contributed by atoms with Crippen LogP contribution in [0.1, 0.15) is 13.3 Å². The Balaban J connectivity index is 2.02. The summed E-state index contributed by atoms with van der Waals surface area (Å²) in [6.07, 6.45) is 0.886. The van der Waals surface area contributed by atoms with Crippen molar-refractivity contribution in [2.24, 2.45) is 0 Å². The molecule has 0 atom stereocenters. The first kappa shape index (κ1) is 7.98. The molecule has 1 saturated heterocycles. The Kier molecular flexibility index (Phi) is 3.72. The van der Waals surface area contributed by atoms with Gasteiger partial charge in [0.2, 0.25) is 0 Å². The molecule has 0 saturated carbocycles. The van der Waals surface area contributed by atoms with E-state index in [0.29, 0.717) is 6.61 Å². The third kappa shape index (κ3) is 2.64. The molecule has 1 aliphatic rings. The van der Waals surface area contributed by atoms with Gasteiger partial charge in [0.05, 0.1) is 19.8 Å². The van der Waals surface area contributed by atoms with E-state index in [1.807, 2.05) is 6.92 Å². The molecule has 1 rings (SSSR count). The molecule has 0 aromatic rings. The van der Waals surface area contributed by atoms with Gasteiger partial charge in [-0.05, 0) is 13.3 Å². The first-order valence-electron chi connectivity index (χ1n) is 3.74. The minimum atomic E-state index is -0.117. The highest BCUT2D eigenvalue weighted by Crippen LogP contribution is 2.04. The average Bonchev–Trinajstić information content (AvgIpc) is 2.03. The van der Waals surface area contributed by atoms with Crippen LogP contribution < -0.4 is 0 Å². The minimum absolute atomic E-state index is 0.117. The molecule has 0 unspecified atom stereocenters. The average molecular weight is 146 g/mol. The number of rotatable bonds is 3. The quantitative estimate of drug-likeness (QED) is 0.589. The summed E-state index contributed by atoms with van der Waals surface area (Å²) in [4.78, 5) is 0. The maximum absolute atomic E-state index is 5.23. The Morgan fingerprint density at radius 1 is 1.40 bits per heavy atom. The smallest absolute Gasteiger partial charge is 0.180 e. The van der Waals surface area contributed by atoms with Crippen molar-refractivity contribution in [1.29, 1.82) is 0 Å². The Morgan fingerprint density at radius 3 is 2.70 bits per heavy atom. The van der Waals surface area contributed by atoms with Crippen molar-refractivity contribution in [2.45, 2.75) is 19.6 Å². The van der Waals surface area contributed by atoms with Gasteiger partial charge in [0, 0.05) is 6.61 Å². The lowest BCUT2D eigenvalue weighted by Gasteiger charge is -2.22. The Morgan fingerprint density at radius 2 is 2.10 bits per heavy atom. The van der Waals surface area contributed by atoms with Gasteiger partial charge in [0.1, 0.15) is 0 Å². The lowest BCUT2D eigenvalue weighted by Crippen LogP contribution is -2.29. The Hall–Kier alpha value is -0.120. The highest BCUT2D eigenvalue weighted by Gasteiger charge is 2.12. The van der Waals surface area contributed by atoms with Crippen LogP contribution >= 0.6 is 0 Å². The van der Waals surface area contributed by atoms with Crippen molar-refractivity contribution in [3.63, 3.8) is 0 Å². The predicted molar refractivity (Wildman–Crippen MR) is 36.8 cm³/mol. The highest BCUT2D eigenvalue weighted by atomic mass is 16.7. The summed E-state index contributed by atoms with van der Waals surface area (Å²) in [5, 5.41) is 0. The fourth-order valence-corrected chi connectivity index (χ4v) is 0.847. The molecule has 0 spiro atoms.